The number of hydrogen-bond donors (Lipinski definition) is 0. The Bertz CT molecular complexity index is 459. The lowest BCUT2D eigenvalue weighted by molar-refractivity contribution is -0.142. The van der Waals surface area contributed by atoms with E-state index in [2.05, 4.69) is 4.90 Å². The van der Waals surface area contributed by atoms with Crippen molar-refractivity contribution in [2.45, 2.75) is 32.2 Å². The Labute approximate surface area is 114 Å². The summed E-state index contributed by atoms with van der Waals surface area (Å²) >= 11 is 0. The fourth-order valence-corrected chi connectivity index (χ4v) is 2.75. The first-order chi connectivity index (χ1) is 9.19. The maximum atomic E-state index is 12.0. The Hall–Kier alpha value is -1.71. The fraction of sp³-hybridized carbons (Fsp3) is 0.533. The van der Waals surface area contributed by atoms with Crippen LogP contribution in [0.25, 0.3) is 0 Å². The van der Waals surface area contributed by atoms with Crippen molar-refractivity contribution < 1.29 is 14.3 Å². The Kier molecular flexibility index (Phi) is 4.30. The molecule has 1 fully saturated rings. The van der Waals surface area contributed by atoms with Crippen molar-refractivity contribution >= 4 is 11.7 Å². The van der Waals surface area contributed by atoms with E-state index < -0.39 is 0 Å². The molecule has 1 aromatic carbocycles. The monoisotopic (exact) mass is 263 g/mol. The third-order valence-electron chi connectivity index (χ3n) is 3.68. The van der Waals surface area contributed by atoms with Gasteiger partial charge in [-0.1, -0.05) is 12.1 Å². The molecule has 4 nitrogen and oxygen atoms in total. The first-order valence-electron chi connectivity index (χ1n) is 6.67. The summed E-state index contributed by atoms with van der Waals surface area (Å²) < 4.78 is 10.4. The number of para-hydroxylation sites is 1. The van der Waals surface area contributed by atoms with Crippen LogP contribution in [0.15, 0.2) is 18.2 Å². The molecule has 0 N–H and O–H groups in total. The summed E-state index contributed by atoms with van der Waals surface area (Å²) in [5, 5.41) is 0. The zero-order valence-corrected chi connectivity index (χ0v) is 11.8. The highest BCUT2D eigenvalue weighted by Crippen LogP contribution is 2.36. The quantitative estimate of drug-likeness (QED) is 0.786. The molecule has 0 aromatic heterocycles. The average Bonchev–Trinajstić information content (AvgIpc) is 2.46. The molecule has 1 saturated heterocycles. The third-order valence-corrected chi connectivity index (χ3v) is 3.68. The number of aryl methyl sites for hydroxylation is 1. The van der Waals surface area contributed by atoms with Crippen LogP contribution in [0.3, 0.4) is 0 Å². The largest absolute Gasteiger partial charge is 0.495 e. The van der Waals surface area contributed by atoms with Crippen LogP contribution in [0.4, 0.5) is 5.69 Å². The Morgan fingerprint density at radius 2 is 2.11 bits per heavy atom. The van der Waals surface area contributed by atoms with Crippen LogP contribution in [0, 0.1) is 6.92 Å². The van der Waals surface area contributed by atoms with E-state index in [0.29, 0.717) is 0 Å². The highest BCUT2D eigenvalue weighted by molar-refractivity contribution is 5.82. The van der Waals surface area contributed by atoms with Gasteiger partial charge in [-0.25, -0.2) is 4.79 Å². The maximum Gasteiger partial charge on any atom is 0.328 e. The smallest absolute Gasteiger partial charge is 0.328 e. The molecular weight excluding hydrogens is 242 g/mol. The highest BCUT2D eigenvalue weighted by Gasteiger charge is 2.31. The van der Waals surface area contributed by atoms with Crippen LogP contribution >= 0.6 is 0 Å². The van der Waals surface area contributed by atoms with Crippen LogP contribution in [-0.4, -0.2) is 32.8 Å². The van der Waals surface area contributed by atoms with Crippen molar-refractivity contribution in [2.24, 2.45) is 0 Å². The molecule has 0 saturated carbocycles. The molecular formula is C15H21NO3. The summed E-state index contributed by atoms with van der Waals surface area (Å²) in [6.07, 6.45) is 2.99. The van der Waals surface area contributed by atoms with Crippen LogP contribution in [0.5, 0.6) is 5.75 Å². The Morgan fingerprint density at radius 3 is 2.79 bits per heavy atom. The minimum Gasteiger partial charge on any atom is -0.495 e. The van der Waals surface area contributed by atoms with E-state index >= 15 is 0 Å². The van der Waals surface area contributed by atoms with Crippen molar-refractivity contribution in [1.29, 1.82) is 0 Å². The van der Waals surface area contributed by atoms with Crippen molar-refractivity contribution in [3.05, 3.63) is 23.8 Å². The molecule has 2 rings (SSSR count). The summed E-state index contributed by atoms with van der Waals surface area (Å²) in [7, 11) is 3.11. The van der Waals surface area contributed by atoms with E-state index in [0.717, 1.165) is 42.8 Å². The second kappa shape index (κ2) is 5.95. The van der Waals surface area contributed by atoms with Gasteiger partial charge in [-0.2, -0.15) is 0 Å². The van der Waals surface area contributed by atoms with Gasteiger partial charge in [0.15, 0.2) is 0 Å². The molecule has 19 heavy (non-hydrogen) atoms. The van der Waals surface area contributed by atoms with Crippen LogP contribution in [0.2, 0.25) is 0 Å². The number of anilines is 1. The number of carbonyl (C=O) groups excluding carboxylic acids is 1. The maximum absolute atomic E-state index is 12.0. The average molecular weight is 263 g/mol. The third kappa shape index (κ3) is 2.67. The van der Waals surface area contributed by atoms with Crippen molar-refractivity contribution in [3.63, 3.8) is 0 Å². The molecule has 1 aliphatic rings. The molecule has 0 bridgehead atoms. The Morgan fingerprint density at radius 1 is 1.32 bits per heavy atom. The molecule has 4 heteroatoms. The normalized spacial score (nSPS) is 19.1. The van der Waals surface area contributed by atoms with Gasteiger partial charge < -0.3 is 14.4 Å². The summed E-state index contributed by atoms with van der Waals surface area (Å²) in [6, 6.07) is 5.75. The summed E-state index contributed by atoms with van der Waals surface area (Å²) in [6.45, 7) is 2.90. The molecule has 1 atom stereocenters. The lowest BCUT2D eigenvalue weighted by Gasteiger charge is -2.37. The van der Waals surface area contributed by atoms with E-state index in [-0.39, 0.29) is 12.0 Å². The van der Waals surface area contributed by atoms with E-state index in [4.69, 9.17) is 9.47 Å². The van der Waals surface area contributed by atoms with Crippen LogP contribution in [0.1, 0.15) is 24.8 Å². The summed E-state index contributed by atoms with van der Waals surface area (Å²) in [4.78, 5) is 14.1. The highest BCUT2D eigenvalue weighted by atomic mass is 16.5. The number of benzene rings is 1. The van der Waals surface area contributed by atoms with Crippen molar-refractivity contribution in [2.75, 3.05) is 25.7 Å². The van der Waals surface area contributed by atoms with Crippen LogP contribution in [-0.2, 0) is 9.53 Å². The molecule has 0 radical (unpaired) electrons. The number of nitrogens with zero attached hydrogens (tertiary/aromatic N) is 1. The molecule has 0 aliphatic carbocycles. The van der Waals surface area contributed by atoms with E-state index in [9.17, 15) is 4.79 Å². The minimum atomic E-state index is -0.200. The van der Waals surface area contributed by atoms with Gasteiger partial charge in [0.25, 0.3) is 0 Å². The number of piperidine rings is 1. The predicted octanol–water partition coefficient (Wildman–Crippen LogP) is 2.54. The second-order valence-electron chi connectivity index (χ2n) is 4.85. The van der Waals surface area contributed by atoms with Crippen molar-refractivity contribution in [3.8, 4) is 5.75 Å². The molecule has 1 aliphatic heterocycles. The van der Waals surface area contributed by atoms with Crippen LogP contribution < -0.4 is 9.64 Å². The minimum absolute atomic E-state index is 0.162. The SMILES string of the molecule is COC(=O)C1CCCCN1c1c(C)cccc1OC. The molecule has 104 valence electrons. The second-order valence-corrected chi connectivity index (χ2v) is 4.85. The first-order valence-corrected chi connectivity index (χ1v) is 6.67. The first kappa shape index (κ1) is 13.7. The number of rotatable bonds is 3. The zero-order valence-electron chi connectivity index (χ0n) is 11.8. The van der Waals surface area contributed by atoms with Gasteiger partial charge in [0.1, 0.15) is 11.8 Å². The van der Waals surface area contributed by atoms with E-state index in [1.54, 1.807) is 7.11 Å². The van der Waals surface area contributed by atoms with Gasteiger partial charge in [-0.05, 0) is 37.8 Å². The van der Waals surface area contributed by atoms with E-state index in [1.165, 1.54) is 7.11 Å². The number of esters is 1. The lowest BCUT2D eigenvalue weighted by atomic mass is 9.99. The summed E-state index contributed by atoms with van der Waals surface area (Å²) in [5.41, 5.74) is 2.13. The van der Waals surface area contributed by atoms with Gasteiger partial charge >= 0.3 is 5.97 Å². The molecule has 1 heterocycles. The molecule has 1 unspecified atom stereocenters. The van der Waals surface area contributed by atoms with Gasteiger partial charge in [0, 0.05) is 6.54 Å². The number of ether oxygens (including phenoxy) is 2. The molecule has 0 spiro atoms. The lowest BCUT2D eigenvalue weighted by Crippen LogP contribution is -2.45. The molecule has 1 aromatic rings. The van der Waals surface area contributed by atoms with E-state index in [1.807, 2.05) is 25.1 Å². The van der Waals surface area contributed by atoms with Gasteiger partial charge in [-0.3, -0.25) is 0 Å². The zero-order chi connectivity index (χ0) is 13.8. The Balaban J connectivity index is 2.40. The summed E-state index contributed by atoms with van der Waals surface area (Å²) in [5.74, 6) is 0.654. The number of carbonyl (C=O) groups is 1. The number of hydrogen-bond acceptors (Lipinski definition) is 4. The fourth-order valence-electron chi connectivity index (χ4n) is 2.75. The molecule has 0 amide bonds. The number of methoxy groups -OCH3 is 2. The van der Waals surface area contributed by atoms with Gasteiger partial charge in [-0.15, -0.1) is 0 Å². The van der Waals surface area contributed by atoms with Gasteiger partial charge in [0.05, 0.1) is 19.9 Å². The van der Waals surface area contributed by atoms with Crippen molar-refractivity contribution in [1.82, 2.24) is 0 Å². The standard InChI is InChI=1S/C15H21NO3/c1-11-7-6-9-13(18-2)14(11)16-10-5-4-8-12(16)15(17)19-3/h6-7,9,12H,4-5,8,10H2,1-3H3. The topological polar surface area (TPSA) is 38.8 Å². The van der Waals surface area contributed by atoms with Gasteiger partial charge in [0.2, 0.25) is 0 Å². The predicted molar refractivity (Wildman–Crippen MR) is 74.7 cm³/mol.